The minimum absolute atomic E-state index is 0.257. The molecule has 1 fully saturated rings. The highest BCUT2D eigenvalue weighted by Crippen LogP contribution is 2.57. The second kappa shape index (κ2) is 2.77. The fraction of sp³-hybridized carbons (Fsp3) is 1.00. The molecule has 60 valence electrons. The summed E-state index contributed by atoms with van der Waals surface area (Å²) >= 11 is 0. The van der Waals surface area contributed by atoms with Crippen molar-refractivity contribution in [2.24, 2.45) is 5.92 Å². The Morgan fingerprint density at radius 3 is 2.50 bits per heavy atom. The predicted octanol–water partition coefficient (Wildman–Crippen LogP) is 1.90. The molecule has 3 unspecified atom stereocenters. The van der Waals surface area contributed by atoms with Gasteiger partial charge in [-0.3, -0.25) is 0 Å². The second-order valence-corrected chi connectivity index (χ2v) is 6.17. The van der Waals surface area contributed by atoms with Gasteiger partial charge in [-0.05, 0) is 19.3 Å². The molecule has 1 aliphatic heterocycles. The smallest absolute Gasteiger partial charge is 0.220 e. The van der Waals surface area contributed by atoms with Crippen molar-refractivity contribution in [2.75, 3.05) is 12.8 Å². The van der Waals surface area contributed by atoms with Crippen LogP contribution in [-0.4, -0.2) is 23.8 Å². The monoisotopic (exact) mass is 163 g/mol. The molecule has 1 rings (SSSR count). The highest BCUT2D eigenvalue weighted by molar-refractivity contribution is 7.64. The van der Waals surface area contributed by atoms with Crippen LogP contribution < -0.4 is 0 Å². The highest BCUT2D eigenvalue weighted by atomic mass is 31.2. The van der Waals surface area contributed by atoms with Crippen LogP contribution in [0.4, 0.5) is 0 Å². The molecule has 3 heteroatoms. The van der Waals surface area contributed by atoms with Crippen LogP contribution in [0.2, 0.25) is 0 Å². The third-order valence-corrected chi connectivity index (χ3v) is 3.91. The minimum Gasteiger partial charge on any atom is -0.220 e. The van der Waals surface area contributed by atoms with Gasteiger partial charge in [0, 0.05) is 0 Å². The molecule has 1 saturated heterocycles. The fourth-order valence-electron chi connectivity index (χ4n) is 1.69. The first-order valence-electron chi connectivity index (χ1n) is 3.76. The summed E-state index contributed by atoms with van der Waals surface area (Å²) in [6.45, 7) is 6.05. The number of rotatable bonds is 0. The van der Waals surface area contributed by atoms with Crippen LogP contribution in [0, 0.1) is 5.92 Å². The Kier molecular flexibility index (Phi) is 2.34. The van der Waals surface area contributed by atoms with Crippen molar-refractivity contribution in [3.05, 3.63) is 0 Å². The van der Waals surface area contributed by atoms with Crippen LogP contribution in [-0.2, 0) is 4.52 Å². The topological polar surface area (TPSA) is 29.5 Å². The van der Waals surface area contributed by atoms with Crippen molar-refractivity contribution in [1.29, 1.82) is 0 Å². The van der Waals surface area contributed by atoms with Gasteiger partial charge in [-0.15, -0.1) is 0 Å². The van der Waals surface area contributed by atoms with Crippen molar-refractivity contribution in [1.82, 2.24) is 0 Å². The van der Waals surface area contributed by atoms with Crippen LogP contribution in [0.1, 0.15) is 20.3 Å². The van der Waals surface area contributed by atoms with Gasteiger partial charge in [-0.1, -0.05) is 6.92 Å². The normalized spacial score (nSPS) is 49.2. The van der Waals surface area contributed by atoms with Crippen LogP contribution in [0.25, 0.3) is 0 Å². The Labute approximate surface area is 63.1 Å². The average Bonchev–Trinajstić information content (AvgIpc) is 1.54. The van der Waals surface area contributed by atoms with E-state index in [1.54, 1.807) is 0 Å². The molecule has 1 heterocycles. The molecule has 0 aromatic heterocycles. The minimum atomic E-state index is -1.95. The SMILES string of the molecule is CC1CC(C)O[P+](C)(O)C1. The zero-order chi connectivity index (χ0) is 7.78. The average molecular weight is 163 g/mol. The molecule has 0 bridgehead atoms. The van der Waals surface area contributed by atoms with Crippen LogP contribution in [0.5, 0.6) is 0 Å². The van der Waals surface area contributed by atoms with Crippen LogP contribution >= 0.6 is 7.72 Å². The summed E-state index contributed by atoms with van der Waals surface area (Å²) in [5.41, 5.74) is 0. The van der Waals surface area contributed by atoms with Gasteiger partial charge in [0.15, 0.2) is 0 Å². The Morgan fingerprint density at radius 1 is 1.50 bits per heavy atom. The van der Waals surface area contributed by atoms with Crippen molar-refractivity contribution < 1.29 is 9.42 Å². The summed E-state index contributed by atoms with van der Waals surface area (Å²) in [6.07, 6.45) is 2.22. The summed E-state index contributed by atoms with van der Waals surface area (Å²) in [6, 6.07) is 0. The quantitative estimate of drug-likeness (QED) is 0.552. The zero-order valence-electron chi connectivity index (χ0n) is 6.87. The van der Waals surface area contributed by atoms with E-state index in [9.17, 15) is 4.89 Å². The lowest BCUT2D eigenvalue weighted by Crippen LogP contribution is -2.24. The van der Waals surface area contributed by atoms with E-state index < -0.39 is 7.72 Å². The van der Waals surface area contributed by atoms with E-state index in [-0.39, 0.29) is 6.10 Å². The van der Waals surface area contributed by atoms with E-state index in [0.717, 1.165) is 12.6 Å². The molecular weight excluding hydrogens is 147 g/mol. The van der Waals surface area contributed by atoms with Gasteiger partial charge >= 0.3 is 0 Å². The first kappa shape index (κ1) is 8.45. The number of hydrogen-bond acceptors (Lipinski definition) is 2. The molecule has 1 N–H and O–H groups in total. The van der Waals surface area contributed by atoms with E-state index in [4.69, 9.17) is 4.52 Å². The van der Waals surface area contributed by atoms with E-state index in [1.165, 1.54) is 0 Å². The van der Waals surface area contributed by atoms with E-state index in [2.05, 4.69) is 6.92 Å². The maximum atomic E-state index is 9.60. The molecule has 0 aromatic rings. The zero-order valence-corrected chi connectivity index (χ0v) is 7.77. The summed E-state index contributed by atoms with van der Waals surface area (Å²) in [7, 11) is -1.95. The lowest BCUT2D eigenvalue weighted by atomic mass is 10.1. The highest BCUT2D eigenvalue weighted by Gasteiger charge is 2.40. The molecule has 10 heavy (non-hydrogen) atoms. The Morgan fingerprint density at radius 2 is 2.10 bits per heavy atom. The van der Waals surface area contributed by atoms with Crippen molar-refractivity contribution >= 4 is 7.72 Å². The van der Waals surface area contributed by atoms with E-state index in [1.807, 2.05) is 13.6 Å². The Balaban J connectivity index is 2.51. The number of hydrogen-bond donors (Lipinski definition) is 1. The molecule has 0 spiro atoms. The summed E-state index contributed by atoms with van der Waals surface area (Å²) < 4.78 is 5.41. The fourth-order valence-corrected chi connectivity index (χ4v) is 3.95. The lowest BCUT2D eigenvalue weighted by molar-refractivity contribution is 0.159. The van der Waals surface area contributed by atoms with Gasteiger partial charge in [-0.2, -0.15) is 0 Å². The van der Waals surface area contributed by atoms with Gasteiger partial charge in [0.05, 0.1) is 0 Å². The van der Waals surface area contributed by atoms with E-state index in [0.29, 0.717) is 5.92 Å². The molecule has 2 nitrogen and oxygen atoms in total. The molecule has 0 aromatic carbocycles. The Bertz CT molecular complexity index is 113. The lowest BCUT2D eigenvalue weighted by Gasteiger charge is -2.28. The maximum Gasteiger partial charge on any atom is 0.269 e. The van der Waals surface area contributed by atoms with Gasteiger partial charge in [-0.25, -0.2) is 9.42 Å². The molecule has 0 radical (unpaired) electrons. The second-order valence-electron chi connectivity index (χ2n) is 3.49. The molecule has 1 aliphatic rings. The van der Waals surface area contributed by atoms with Gasteiger partial charge in [0.25, 0.3) is 7.72 Å². The summed E-state index contributed by atoms with van der Waals surface area (Å²) in [4.78, 5) is 9.60. The van der Waals surface area contributed by atoms with Crippen LogP contribution in [0.15, 0.2) is 0 Å². The maximum absolute atomic E-state index is 9.60. The molecule has 0 saturated carbocycles. The third-order valence-electron chi connectivity index (χ3n) is 1.79. The van der Waals surface area contributed by atoms with Crippen molar-refractivity contribution in [3.63, 3.8) is 0 Å². The first-order chi connectivity index (χ1) is 4.49. The third kappa shape index (κ3) is 2.19. The largest absolute Gasteiger partial charge is 0.269 e. The first-order valence-corrected chi connectivity index (χ1v) is 6.05. The predicted molar refractivity (Wildman–Crippen MR) is 44.3 cm³/mol. The molecule has 0 aliphatic carbocycles. The summed E-state index contributed by atoms with van der Waals surface area (Å²) in [5.74, 6) is 0.632. The molecule has 0 amide bonds. The standard InChI is InChI=1S/C7H16O2P/c1-6-4-7(2)9-10(3,8)5-6/h6-8H,4-5H2,1-3H3/q+1. The Hall–Kier alpha value is 0.350. The van der Waals surface area contributed by atoms with Crippen molar-refractivity contribution in [2.45, 2.75) is 26.4 Å². The van der Waals surface area contributed by atoms with Crippen LogP contribution in [0.3, 0.4) is 0 Å². The summed E-state index contributed by atoms with van der Waals surface area (Å²) in [5, 5.41) is 0. The van der Waals surface area contributed by atoms with Gasteiger partial charge in [0.1, 0.15) is 18.9 Å². The molecule has 3 atom stereocenters. The van der Waals surface area contributed by atoms with Crippen molar-refractivity contribution in [3.8, 4) is 0 Å². The van der Waals surface area contributed by atoms with Gasteiger partial charge in [0.2, 0.25) is 0 Å². The van der Waals surface area contributed by atoms with E-state index >= 15 is 0 Å². The van der Waals surface area contributed by atoms with Gasteiger partial charge < -0.3 is 0 Å². The molecular formula is C7H16O2P+.